The van der Waals surface area contributed by atoms with Gasteiger partial charge in [-0.1, -0.05) is 48.9 Å². The van der Waals surface area contributed by atoms with Gasteiger partial charge in [0, 0.05) is 26.6 Å². The molecule has 156 valence electrons. The van der Waals surface area contributed by atoms with Crippen LogP contribution in [0.4, 0.5) is 5.00 Å². The lowest BCUT2D eigenvalue weighted by Gasteiger charge is -2.32. The fraction of sp³-hybridized carbons (Fsp3) is 0.320. The zero-order valence-electron chi connectivity index (χ0n) is 17.3. The van der Waals surface area contributed by atoms with Crippen molar-refractivity contribution in [3.63, 3.8) is 0 Å². The topological polar surface area (TPSA) is 33.5 Å². The highest BCUT2D eigenvalue weighted by atomic mass is 35.5. The van der Waals surface area contributed by atoms with Gasteiger partial charge in [0.2, 0.25) is 0 Å². The Balaban J connectivity index is 1.73. The smallest absolute Gasteiger partial charge is 0.256 e. The van der Waals surface area contributed by atoms with Gasteiger partial charge in [-0.3, -0.25) is 4.79 Å². The molecule has 0 radical (unpaired) electrons. The Morgan fingerprint density at radius 3 is 2.43 bits per heavy atom. The Bertz CT molecular complexity index is 978. The van der Waals surface area contributed by atoms with E-state index in [1.807, 2.05) is 42.5 Å². The lowest BCUT2D eigenvalue weighted by atomic mass is 9.95. The predicted molar refractivity (Wildman–Crippen MR) is 126 cm³/mol. The van der Waals surface area contributed by atoms with Crippen molar-refractivity contribution in [3.8, 4) is 0 Å². The molecule has 2 heterocycles. The highest BCUT2D eigenvalue weighted by molar-refractivity contribution is 7.16. The molecule has 1 amide bonds. The molecule has 0 unspecified atom stereocenters. The molecule has 1 aliphatic rings. The number of amides is 1. The Kier molecular flexibility index (Phi) is 6.88. The second-order valence-electron chi connectivity index (χ2n) is 7.87. The number of carbonyl (C=O) groups excluding carboxylic acids is 1. The van der Waals surface area contributed by atoms with Crippen LogP contribution in [-0.4, -0.2) is 19.0 Å². The molecule has 1 aliphatic heterocycles. The minimum absolute atomic E-state index is 0.0511. The maximum atomic E-state index is 12.9. The Morgan fingerprint density at radius 2 is 1.77 bits per heavy atom. The van der Waals surface area contributed by atoms with Crippen LogP contribution in [-0.2, 0) is 6.42 Å². The second-order valence-corrected chi connectivity index (χ2v) is 9.45. The molecule has 2 N–H and O–H groups in total. The number of rotatable bonds is 6. The van der Waals surface area contributed by atoms with Gasteiger partial charge in [-0.05, 0) is 56.0 Å². The normalized spacial score (nSPS) is 15.7. The monoisotopic (exact) mass is 439 g/mol. The van der Waals surface area contributed by atoms with Crippen LogP contribution in [0.5, 0.6) is 0 Å². The van der Waals surface area contributed by atoms with Gasteiger partial charge in [-0.25, -0.2) is 0 Å². The van der Waals surface area contributed by atoms with E-state index < -0.39 is 0 Å². The summed E-state index contributed by atoms with van der Waals surface area (Å²) in [6.45, 7) is 4.47. The van der Waals surface area contributed by atoms with Gasteiger partial charge in [-0.15, -0.1) is 11.3 Å². The zero-order chi connectivity index (χ0) is 20.9. The summed E-state index contributed by atoms with van der Waals surface area (Å²) in [7, 11) is 0. The molecule has 3 aromatic rings. The van der Waals surface area contributed by atoms with Crippen molar-refractivity contribution in [2.45, 2.75) is 38.6 Å². The van der Waals surface area contributed by atoms with E-state index in [2.05, 4.69) is 30.4 Å². The Hall–Kier alpha value is -2.14. The number of benzene rings is 2. The van der Waals surface area contributed by atoms with Crippen LogP contribution >= 0.6 is 22.9 Å². The molecule has 4 rings (SSSR count). The van der Waals surface area contributed by atoms with Gasteiger partial charge in [0.25, 0.3) is 5.91 Å². The summed E-state index contributed by atoms with van der Waals surface area (Å²) >= 11 is 7.88. The highest BCUT2D eigenvalue weighted by Crippen LogP contribution is 2.36. The van der Waals surface area contributed by atoms with E-state index >= 15 is 0 Å². The first-order valence-electron chi connectivity index (χ1n) is 10.7. The molecule has 0 saturated carbocycles. The van der Waals surface area contributed by atoms with E-state index in [-0.39, 0.29) is 11.9 Å². The Labute approximate surface area is 187 Å². The number of hydrogen-bond acceptors (Lipinski definition) is 2. The van der Waals surface area contributed by atoms with E-state index in [9.17, 15) is 4.79 Å². The number of halogens is 1. The first-order chi connectivity index (χ1) is 14.7. The molecular formula is C25H28ClN2OS+. The fourth-order valence-corrected chi connectivity index (χ4v) is 5.45. The van der Waals surface area contributed by atoms with Crippen LogP contribution < -0.4 is 10.2 Å². The molecule has 3 nitrogen and oxygen atoms in total. The van der Waals surface area contributed by atoms with Crippen molar-refractivity contribution in [2.24, 2.45) is 0 Å². The minimum atomic E-state index is -0.0511. The zero-order valence-corrected chi connectivity index (χ0v) is 18.9. The van der Waals surface area contributed by atoms with Crippen LogP contribution in [0.3, 0.4) is 0 Å². The van der Waals surface area contributed by atoms with Crippen LogP contribution in [0.15, 0.2) is 60.7 Å². The van der Waals surface area contributed by atoms with E-state index in [4.69, 9.17) is 11.6 Å². The third-order valence-electron chi connectivity index (χ3n) is 5.84. The van der Waals surface area contributed by atoms with Crippen molar-refractivity contribution in [3.05, 3.63) is 87.3 Å². The molecule has 0 aliphatic carbocycles. The van der Waals surface area contributed by atoms with E-state index in [0.717, 1.165) is 29.5 Å². The number of piperidine rings is 1. The lowest BCUT2D eigenvalue weighted by molar-refractivity contribution is -0.930. The maximum absolute atomic E-state index is 12.9. The van der Waals surface area contributed by atoms with Crippen LogP contribution in [0.25, 0.3) is 0 Å². The van der Waals surface area contributed by atoms with Gasteiger partial charge in [0.1, 0.15) is 11.0 Å². The summed E-state index contributed by atoms with van der Waals surface area (Å²) in [6.07, 6.45) is 4.76. The van der Waals surface area contributed by atoms with Gasteiger partial charge >= 0.3 is 0 Å². The number of thiophene rings is 1. The summed E-state index contributed by atoms with van der Waals surface area (Å²) in [5.74, 6) is -0.0511. The average Bonchev–Trinajstić information content (AvgIpc) is 3.19. The number of aryl methyl sites for hydroxylation is 1. The van der Waals surface area contributed by atoms with E-state index in [1.54, 1.807) is 16.2 Å². The SMILES string of the molecule is CCc1cc([C@@H](c2ccc(Cl)cc2)[NH+]2CCCCC2)c(NC(=O)c2ccccc2)s1. The number of carbonyl (C=O) groups is 1. The molecule has 30 heavy (non-hydrogen) atoms. The van der Waals surface area contributed by atoms with Crippen molar-refractivity contribution in [1.29, 1.82) is 0 Å². The minimum Gasteiger partial charge on any atom is -0.325 e. The molecule has 1 fully saturated rings. The predicted octanol–water partition coefficient (Wildman–Crippen LogP) is 5.37. The largest absolute Gasteiger partial charge is 0.325 e. The molecule has 1 aromatic heterocycles. The highest BCUT2D eigenvalue weighted by Gasteiger charge is 2.31. The van der Waals surface area contributed by atoms with Crippen LogP contribution in [0, 0.1) is 0 Å². The second kappa shape index (κ2) is 9.78. The third kappa shape index (κ3) is 4.77. The fourth-order valence-electron chi connectivity index (χ4n) is 4.29. The van der Waals surface area contributed by atoms with Crippen LogP contribution in [0.2, 0.25) is 5.02 Å². The Morgan fingerprint density at radius 1 is 1.07 bits per heavy atom. The van der Waals surface area contributed by atoms with Crippen molar-refractivity contribution < 1.29 is 9.69 Å². The first-order valence-corrected chi connectivity index (χ1v) is 11.9. The van der Waals surface area contributed by atoms with Gasteiger partial charge in [0.15, 0.2) is 0 Å². The summed E-state index contributed by atoms with van der Waals surface area (Å²) in [5, 5.41) is 4.95. The summed E-state index contributed by atoms with van der Waals surface area (Å²) < 4.78 is 0. The van der Waals surface area contributed by atoms with Gasteiger partial charge < -0.3 is 10.2 Å². The quantitative estimate of drug-likeness (QED) is 0.531. The number of anilines is 1. The third-order valence-corrected chi connectivity index (χ3v) is 7.30. The summed E-state index contributed by atoms with van der Waals surface area (Å²) in [5.41, 5.74) is 3.16. The first kappa shape index (κ1) is 21.1. The van der Waals surface area contributed by atoms with Crippen molar-refractivity contribution >= 4 is 33.8 Å². The molecule has 1 atom stereocenters. The lowest BCUT2D eigenvalue weighted by Crippen LogP contribution is -3.13. The standard InChI is InChI=1S/C25H27ClN2OS/c1-2-21-17-22(25(30-21)27-24(29)19-9-5-3-6-10-19)23(28-15-7-4-8-16-28)18-11-13-20(26)14-12-18/h3,5-6,9-14,17,23H,2,4,7-8,15-16H2,1H3,(H,27,29)/p+1/t23-/m1/s1. The van der Waals surface area contributed by atoms with Crippen LogP contribution in [0.1, 0.15) is 58.6 Å². The number of likely N-dealkylation sites (tertiary alicyclic amines) is 1. The number of hydrogen-bond donors (Lipinski definition) is 2. The number of nitrogens with one attached hydrogen (secondary N) is 2. The molecular weight excluding hydrogens is 412 g/mol. The van der Waals surface area contributed by atoms with Gasteiger partial charge in [-0.2, -0.15) is 0 Å². The molecule has 1 saturated heterocycles. The average molecular weight is 440 g/mol. The van der Waals surface area contributed by atoms with Crippen molar-refractivity contribution in [1.82, 2.24) is 0 Å². The van der Waals surface area contributed by atoms with E-state index in [1.165, 1.54) is 35.3 Å². The molecule has 0 spiro atoms. The summed E-state index contributed by atoms with van der Waals surface area (Å²) in [4.78, 5) is 15.8. The summed E-state index contributed by atoms with van der Waals surface area (Å²) in [6, 6.07) is 20.2. The van der Waals surface area contributed by atoms with E-state index in [0.29, 0.717) is 5.56 Å². The molecule has 5 heteroatoms. The molecule has 0 bridgehead atoms. The number of quaternary nitrogens is 1. The maximum Gasteiger partial charge on any atom is 0.256 e. The molecule has 2 aromatic carbocycles. The van der Waals surface area contributed by atoms with Crippen molar-refractivity contribution in [2.75, 3.05) is 18.4 Å². The van der Waals surface area contributed by atoms with Gasteiger partial charge in [0.05, 0.1) is 13.1 Å².